The van der Waals surface area contributed by atoms with E-state index < -0.39 is 22.5 Å². The summed E-state index contributed by atoms with van der Waals surface area (Å²) in [6.45, 7) is 10.7. The molecule has 1 heterocycles. The van der Waals surface area contributed by atoms with Gasteiger partial charge in [0.25, 0.3) is 0 Å². The van der Waals surface area contributed by atoms with E-state index in [4.69, 9.17) is 4.74 Å². The van der Waals surface area contributed by atoms with Gasteiger partial charge in [-0.2, -0.15) is 0 Å². The molecule has 0 saturated carbocycles. The minimum Gasteiger partial charge on any atom is -0.507 e. The third-order valence-electron chi connectivity index (χ3n) is 7.13. The van der Waals surface area contributed by atoms with Crippen LogP contribution in [0.25, 0.3) is 0 Å². The predicted octanol–water partition coefficient (Wildman–Crippen LogP) is 5.50. The fourth-order valence-corrected chi connectivity index (χ4v) is 5.45. The lowest BCUT2D eigenvalue weighted by Gasteiger charge is -2.45. The van der Waals surface area contributed by atoms with Crippen LogP contribution < -0.4 is 4.74 Å². The molecule has 184 valence electrons. The van der Waals surface area contributed by atoms with Crippen molar-refractivity contribution in [3.63, 3.8) is 0 Å². The van der Waals surface area contributed by atoms with Gasteiger partial charge in [0, 0.05) is 29.5 Å². The van der Waals surface area contributed by atoms with Crippen LogP contribution in [0.15, 0.2) is 47.7 Å². The van der Waals surface area contributed by atoms with E-state index in [0.29, 0.717) is 17.6 Å². The Morgan fingerprint density at radius 1 is 1.00 bits per heavy atom. The van der Waals surface area contributed by atoms with E-state index in [0.717, 1.165) is 11.6 Å². The van der Waals surface area contributed by atoms with Crippen LogP contribution in [0, 0.1) is 16.7 Å². The molecule has 0 aromatic heterocycles. The highest BCUT2D eigenvalue weighted by Crippen LogP contribution is 2.57. The number of benzene rings is 2. The number of carbonyl (C=O) groups excluding carboxylic acids is 3. The van der Waals surface area contributed by atoms with Crippen molar-refractivity contribution < 1.29 is 29.3 Å². The van der Waals surface area contributed by atoms with Gasteiger partial charge in [0.2, 0.25) is 0 Å². The van der Waals surface area contributed by atoms with Gasteiger partial charge in [0.1, 0.15) is 28.6 Å². The number of hydrogen-bond donors (Lipinski definition) is 2. The number of hydrogen-bond acceptors (Lipinski definition) is 6. The molecule has 1 unspecified atom stereocenters. The van der Waals surface area contributed by atoms with Crippen LogP contribution in [0.2, 0.25) is 0 Å². The molecule has 1 aliphatic heterocycles. The van der Waals surface area contributed by atoms with E-state index in [9.17, 15) is 24.6 Å². The lowest BCUT2D eigenvalue weighted by molar-refractivity contribution is -0.144. The van der Waals surface area contributed by atoms with Gasteiger partial charge in [-0.3, -0.25) is 14.4 Å². The molecule has 1 aliphatic carbocycles. The molecular weight excluding hydrogens is 444 g/mol. The highest BCUT2D eigenvalue weighted by molar-refractivity contribution is 6.20. The molecule has 0 radical (unpaired) electrons. The second kappa shape index (κ2) is 8.36. The third kappa shape index (κ3) is 3.85. The molecule has 35 heavy (non-hydrogen) atoms. The number of rotatable bonds is 5. The zero-order chi connectivity index (χ0) is 25.9. The Labute approximate surface area is 205 Å². The lowest BCUT2D eigenvalue weighted by atomic mass is 9.59. The van der Waals surface area contributed by atoms with Crippen LogP contribution in [0.4, 0.5) is 0 Å². The Morgan fingerprint density at radius 3 is 2.23 bits per heavy atom. The van der Waals surface area contributed by atoms with E-state index in [1.54, 1.807) is 27.7 Å². The molecule has 6 nitrogen and oxygen atoms in total. The molecule has 6 heteroatoms. The number of phenolic OH excluding ortho intramolecular Hbond substituents is 2. The molecule has 2 aliphatic rings. The average Bonchev–Trinajstić information content (AvgIpc) is 2.76. The summed E-state index contributed by atoms with van der Waals surface area (Å²) < 4.78 is 6.25. The number of carbonyl (C=O) groups is 3. The van der Waals surface area contributed by atoms with E-state index in [1.165, 1.54) is 0 Å². The van der Waals surface area contributed by atoms with Gasteiger partial charge in [0.15, 0.2) is 17.3 Å². The molecule has 0 fully saturated rings. The molecule has 2 aromatic carbocycles. The Hall–Kier alpha value is -3.41. The standard InChI is InChI=1S/C29H32O6/c1-15(2)12-17-21-19(31)14-20(32)23(18(30)13-16-10-8-7-9-11-16)24(21)35-26-22(17)25(33)28(3,4)27(34)29(26,5)6/h7-11,14-15,17,31-32H,12-13H2,1-6H3. The number of allylic oxidation sites excluding steroid dienone is 2. The predicted molar refractivity (Wildman–Crippen MR) is 132 cm³/mol. The third-order valence-corrected chi connectivity index (χ3v) is 7.13. The van der Waals surface area contributed by atoms with Crippen LogP contribution in [0.1, 0.15) is 75.4 Å². The Kier molecular flexibility index (Phi) is 5.90. The van der Waals surface area contributed by atoms with Crippen molar-refractivity contribution in [3.8, 4) is 17.2 Å². The number of ketones is 3. The second-order valence-electron chi connectivity index (χ2n) is 11.1. The van der Waals surface area contributed by atoms with E-state index >= 15 is 0 Å². The summed E-state index contributed by atoms with van der Waals surface area (Å²) >= 11 is 0. The minimum atomic E-state index is -1.25. The van der Waals surface area contributed by atoms with Crippen LogP contribution in [-0.2, 0) is 16.0 Å². The Balaban J connectivity index is 1.97. The van der Waals surface area contributed by atoms with E-state index in [2.05, 4.69) is 0 Å². The van der Waals surface area contributed by atoms with Crippen molar-refractivity contribution in [2.24, 2.45) is 16.7 Å². The van der Waals surface area contributed by atoms with E-state index in [1.807, 2.05) is 44.2 Å². The highest BCUT2D eigenvalue weighted by Gasteiger charge is 2.57. The zero-order valence-corrected chi connectivity index (χ0v) is 21.1. The van der Waals surface area contributed by atoms with Gasteiger partial charge in [-0.15, -0.1) is 0 Å². The molecule has 0 amide bonds. The summed E-state index contributed by atoms with van der Waals surface area (Å²) in [5.41, 5.74) is -1.01. The SMILES string of the molecule is CC(C)CC1C2=C(Oc3c(C(=O)Cc4ccccc4)c(O)cc(O)c31)C(C)(C)C(=O)C(C)(C)C2=O. The lowest BCUT2D eigenvalue weighted by Crippen LogP contribution is -2.51. The molecule has 4 rings (SSSR count). The molecule has 0 saturated heterocycles. The van der Waals surface area contributed by atoms with Gasteiger partial charge >= 0.3 is 0 Å². The second-order valence-corrected chi connectivity index (χ2v) is 11.1. The van der Waals surface area contributed by atoms with Gasteiger partial charge in [-0.05, 0) is 45.6 Å². The first kappa shape index (κ1) is 24.7. The summed E-state index contributed by atoms with van der Waals surface area (Å²) in [6, 6.07) is 10.3. The number of fused-ring (bicyclic) bond motifs is 1. The van der Waals surface area contributed by atoms with Gasteiger partial charge in [-0.25, -0.2) is 0 Å². The van der Waals surface area contributed by atoms with Crippen LogP contribution in [0.3, 0.4) is 0 Å². The minimum absolute atomic E-state index is 0.0179. The maximum absolute atomic E-state index is 13.7. The van der Waals surface area contributed by atoms with E-state index in [-0.39, 0.29) is 52.5 Å². The van der Waals surface area contributed by atoms with Crippen LogP contribution in [-0.4, -0.2) is 27.6 Å². The summed E-state index contributed by atoms with van der Waals surface area (Å²) in [5.74, 6) is -1.87. The largest absolute Gasteiger partial charge is 0.507 e. The molecule has 2 aromatic rings. The van der Waals surface area contributed by atoms with Crippen molar-refractivity contribution in [1.29, 1.82) is 0 Å². The molecule has 1 atom stereocenters. The number of phenols is 2. The first-order valence-electron chi connectivity index (χ1n) is 12.0. The number of aromatic hydroxyl groups is 2. The van der Waals surface area contributed by atoms with Crippen LogP contribution in [0.5, 0.6) is 17.2 Å². The van der Waals surface area contributed by atoms with Crippen molar-refractivity contribution in [2.75, 3.05) is 0 Å². The normalized spacial score (nSPS) is 20.4. The highest BCUT2D eigenvalue weighted by atomic mass is 16.5. The summed E-state index contributed by atoms with van der Waals surface area (Å²) in [4.78, 5) is 40.5. The summed E-state index contributed by atoms with van der Waals surface area (Å²) in [7, 11) is 0. The Morgan fingerprint density at radius 2 is 1.63 bits per heavy atom. The zero-order valence-electron chi connectivity index (χ0n) is 21.1. The molecule has 2 N–H and O–H groups in total. The van der Waals surface area contributed by atoms with Crippen LogP contribution >= 0.6 is 0 Å². The first-order chi connectivity index (χ1) is 16.3. The topological polar surface area (TPSA) is 101 Å². The van der Waals surface area contributed by atoms with Gasteiger partial charge in [0.05, 0.1) is 10.8 Å². The van der Waals surface area contributed by atoms with Gasteiger partial charge in [-0.1, -0.05) is 44.2 Å². The maximum Gasteiger partial charge on any atom is 0.175 e. The average molecular weight is 477 g/mol. The fourth-order valence-electron chi connectivity index (χ4n) is 5.45. The van der Waals surface area contributed by atoms with Crippen molar-refractivity contribution in [3.05, 3.63) is 64.4 Å². The van der Waals surface area contributed by atoms with Crippen molar-refractivity contribution >= 4 is 17.3 Å². The smallest absolute Gasteiger partial charge is 0.175 e. The summed E-state index contributed by atoms with van der Waals surface area (Å²) in [6.07, 6.45) is 0.510. The molecule has 0 spiro atoms. The molecule has 0 bridgehead atoms. The number of ether oxygens (including phenoxy) is 1. The fraction of sp³-hybridized carbons (Fsp3) is 0.414. The number of Topliss-reactive ketones (excluding diaryl/α,β-unsaturated/α-hetero) is 3. The quantitative estimate of drug-likeness (QED) is 0.436. The monoisotopic (exact) mass is 476 g/mol. The first-order valence-corrected chi connectivity index (χ1v) is 12.0. The van der Waals surface area contributed by atoms with Gasteiger partial charge < -0.3 is 14.9 Å². The van der Waals surface area contributed by atoms with Crippen molar-refractivity contribution in [2.45, 2.75) is 60.3 Å². The Bertz CT molecular complexity index is 1260. The molecular formula is C29H32O6. The maximum atomic E-state index is 13.7. The summed E-state index contributed by atoms with van der Waals surface area (Å²) in [5, 5.41) is 21.7. The van der Waals surface area contributed by atoms with Crippen molar-refractivity contribution in [1.82, 2.24) is 0 Å².